The van der Waals surface area contributed by atoms with Crippen LogP contribution in [0.2, 0.25) is 5.28 Å². The van der Waals surface area contributed by atoms with E-state index in [4.69, 9.17) is 11.6 Å². The molecule has 1 saturated heterocycles. The number of rotatable bonds is 3. The highest BCUT2D eigenvalue weighted by Crippen LogP contribution is 2.26. The van der Waals surface area contributed by atoms with Crippen LogP contribution in [0.15, 0.2) is 6.07 Å². The van der Waals surface area contributed by atoms with Gasteiger partial charge < -0.3 is 5.32 Å². The predicted molar refractivity (Wildman–Crippen MR) is 65.7 cm³/mol. The van der Waals surface area contributed by atoms with E-state index in [1.54, 1.807) is 0 Å². The SMILES string of the molecule is Cc1cc(NCC2CCCS2)nc(Cl)n1. The maximum Gasteiger partial charge on any atom is 0.224 e. The molecule has 1 fully saturated rings. The van der Waals surface area contributed by atoms with Crippen molar-refractivity contribution in [1.29, 1.82) is 0 Å². The highest BCUT2D eigenvalue weighted by atomic mass is 35.5. The molecule has 0 spiro atoms. The van der Waals surface area contributed by atoms with Gasteiger partial charge in [0, 0.05) is 23.6 Å². The van der Waals surface area contributed by atoms with E-state index in [0.29, 0.717) is 5.28 Å². The zero-order valence-electron chi connectivity index (χ0n) is 8.66. The first-order valence-electron chi connectivity index (χ1n) is 5.11. The summed E-state index contributed by atoms with van der Waals surface area (Å²) in [4.78, 5) is 8.15. The second-order valence-corrected chi connectivity index (χ2v) is 5.43. The fourth-order valence-electron chi connectivity index (χ4n) is 1.65. The summed E-state index contributed by atoms with van der Waals surface area (Å²) in [6.45, 7) is 2.89. The summed E-state index contributed by atoms with van der Waals surface area (Å²) in [6, 6.07) is 1.92. The molecule has 0 aliphatic carbocycles. The molecule has 15 heavy (non-hydrogen) atoms. The van der Waals surface area contributed by atoms with Crippen molar-refractivity contribution in [3.8, 4) is 0 Å². The van der Waals surface area contributed by atoms with Gasteiger partial charge in [-0.05, 0) is 37.1 Å². The van der Waals surface area contributed by atoms with E-state index in [-0.39, 0.29) is 0 Å². The van der Waals surface area contributed by atoms with Gasteiger partial charge in [-0.2, -0.15) is 11.8 Å². The highest BCUT2D eigenvalue weighted by molar-refractivity contribution is 8.00. The maximum atomic E-state index is 5.78. The molecule has 1 aromatic rings. The number of hydrogen-bond donors (Lipinski definition) is 1. The molecule has 1 N–H and O–H groups in total. The van der Waals surface area contributed by atoms with E-state index in [2.05, 4.69) is 15.3 Å². The van der Waals surface area contributed by atoms with Crippen LogP contribution in [-0.2, 0) is 0 Å². The predicted octanol–water partition coefficient (Wildman–Crippen LogP) is 2.75. The fourth-order valence-corrected chi connectivity index (χ4v) is 3.07. The van der Waals surface area contributed by atoms with E-state index in [1.807, 2.05) is 24.8 Å². The van der Waals surface area contributed by atoms with Gasteiger partial charge in [0.1, 0.15) is 5.82 Å². The Bertz CT molecular complexity index is 319. The van der Waals surface area contributed by atoms with Crippen LogP contribution in [0.4, 0.5) is 5.82 Å². The molecule has 5 heteroatoms. The Balaban J connectivity index is 1.92. The average Bonchev–Trinajstić information content (AvgIpc) is 2.65. The van der Waals surface area contributed by atoms with Crippen molar-refractivity contribution in [2.75, 3.05) is 17.6 Å². The second kappa shape index (κ2) is 5.03. The van der Waals surface area contributed by atoms with E-state index in [9.17, 15) is 0 Å². The molecule has 2 rings (SSSR count). The standard InChI is InChI=1S/C10H14ClN3S/c1-7-5-9(14-10(11)13-7)12-6-8-3-2-4-15-8/h5,8H,2-4,6H2,1H3,(H,12,13,14). The molecule has 1 unspecified atom stereocenters. The van der Waals surface area contributed by atoms with Crippen LogP contribution in [0.5, 0.6) is 0 Å². The van der Waals surface area contributed by atoms with Crippen LogP contribution in [0, 0.1) is 6.92 Å². The van der Waals surface area contributed by atoms with Gasteiger partial charge in [0.2, 0.25) is 5.28 Å². The molecule has 82 valence electrons. The molecule has 2 heterocycles. The summed E-state index contributed by atoms with van der Waals surface area (Å²) in [6.07, 6.45) is 2.63. The monoisotopic (exact) mass is 243 g/mol. The zero-order chi connectivity index (χ0) is 10.7. The van der Waals surface area contributed by atoms with Crippen molar-refractivity contribution < 1.29 is 0 Å². The molecular formula is C10H14ClN3S. The number of hydrogen-bond acceptors (Lipinski definition) is 4. The minimum Gasteiger partial charge on any atom is -0.369 e. The van der Waals surface area contributed by atoms with Crippen LogP contribution in [-0.4, -0.2) is 27.5 Å². The van der Waals surface area contributed by atoms with Gasteiger partial charge in [0.25, 0.3) is 0 Å². The average molecular weight is 244 g/mol. The lowest BCUT2D eigenvalue weighted by atomic mass is 10.2. The molecule has 0 bridgehead atoms. The molecular weight excluding hydrogens is 230 g/mol. The number of nitrogens with zero attached hydrogens (tertiary/aromatic N) is 2. The first kappa shape index (κ1) is 11.0. The Kier molecular flexibility index (Phi) is 3.70. The molecule has 0 radical (unpaired) electrons. The second-order valence-electron chi connectivity index (χ2n) is 3.68. The zero-order valence-corrected chi connectivity index (χ0v) is 10.2. The summed E-state index contributed by atoms with van der Waals surface area (Å²) in [7, 11) is 0. The minimum absolute atomic E-state index is 0.316. The number of halogens is 1. The van der Waals surface area contributed by atoms with E-state index in [0.717, 1.165) is 23.3 Å². The lowest BCUT2D eigenvalue weighted by molar-refractivity contribution is 0.803. The van der Waals surface area contributed by atoms with E-state index >= 15 is 0 Å². The van der Waals surface area contributed by atoms with Gasteiger partial charge >= 0.3 is 0 Å². The summed E-state index contributed by atoms with van der Waals surface area (Å²) < 4.78 is 0. The lowest BCUT2D eigenvalue weighted by Gasteiger charge is -2.10. The molecule has 0 saturated carbocycles. The molecule has 0 amide bonds. The lowest BCUT2D eigenvalue weighted by Crippen LogP contribution is -2.14. The van der Waals surface area contributed by atoms with Crippen molar-refractivity contribution in [2.24, 2.45) is 0 Å². The van der Waals surface area contributed by atoms with Crippen LogP contribution < -0.4 is 5.32 Å². The Labute approximate surface area is 99.0 Å². The van der Waals surface area contributed by atoms with Gasteiger partial charge in [0.15, 0.2) is 0 Å². The van der Waals surface area contributed by atoms with Gasteiger partial charge in [-0.15, -0.1) is 0 Å². The van der Waals surface area contributed by atoms with Crippen molar-refractivity contribution >= 4 is 29.2 Å². The third-order valence-corrected chi connectivity index (χ3v) is 3.93. The Morgan fingerprint density at radius 3 is 3.13 bits per heavy atom. The Morgan fingerprint density at radius 1 is 1.60 bits per heavy atom. The van der Waals surface area contributed by atoms with E-state index < -0.39 is 0 Å². The third-order valence-electron chi connectivity index (χ3n) is 2.36. The smallest absolute Gasteiger partial charge is 0.224 e. The van der Waals surface area contributed by atoms with Crippen LogP contribution in [0.3, 0.4) is 0 Å². The molecule has 1 aliphatic heterocycles. The summed E-state index contributed by atoms with van der Waals surface area (Å²) in [5.41, 5.74) is 0.900. The van der Waals surface area contributed by atoms with Crippen molar-refractivity contribution in [3.05, 3.63) is 17.0 Å². The summed E-state index contributed by atoms with van der Waals surface area (Å²) in [5, 5.41) is 4.35. The maximum absolute atomic E-state index is 5.78. The largest absolute Gasteiger partial charge is 0.369 e. The van der Waals surface area contributed by atoms with Crippen LogP contribution >= 0.6 is 23.4 Å². The number of nitrogens with one attached hydrogen (secondary N) is 1. The number of aromatic nitrogens is 2. The first-order chi connectivity index (χ1) is 7.24. The van der Waals surface area contributed by atoms with E-state index in [1.165, 1.54) is 18.6 Å². The van der Waals surface area contributed by atoms with Crippen molar-refractivity contribution in [3.63, 3.8) is 0 Å². The minimum atomic E-state index is 0.316. The third kappa shape index (κ3) is 3.24. The Hall–Kier alpha value is -0.480. The molecule has 3 nitrogen and oxygen atoms in total. The quantitative estimate of drug-likeness (QED) is 0.829. The Morgan fingerprint density at radius 2 is 2.47 bits per heavy atom. The van der Waals surface area contributed by atoms with Gasteiger partial charge in [-0.25, -0.2) is 9.97 Å². The van der Waals surface area contributed by atoms with Crippen LogP contribution in [0.25, 0.3) is 0 Å². The van der Waals surface area contributed by atoms with Crippen molar-refractivity contribution in [1.82, 2.24) is 9.97 Å². The number of aryl methyl sites for hydroxylation is 1. The van der Waals surface area contributed by atoms with Gasteiger partial charge in [-0.3, -0.25) is 0 Å². The molecule has 1 aromatic heterocycles. The van der Waals surface area contributed by atoms with Crippen LogP contribution in [0.1, 0.15) is 18.5 Å². The molecule has 0 aromatic carbocycles. The fraction of sp³-hybridized carbons (Fsp3) is 0.600. The number of anilines is 1. The molecule has 1 aliphatic rings. The first-order valence-corrected chi connectivity index (χ1v) is 6.53. The summed E-state index contributed by atoms with van der Waals surface area (Å²) >= 11 is 7.81. The van der Waals surface area contributed by atoms with Gasteiger partial charge in [-0.1, -0.05) is 0 Å². The number of thioether (sulfide) groups is 1. The molecule has 1 atom stereocenters. The highest BCUT2D eigenvalue weighted by Gasteiger charge is 2.15. The topological polar surface area (TPSA) is 37.8 Å². The summed E-state index contributed by atoms with van der Waals surface area (Å²) in [5.74, 6) is 2.12. The van der Waals surface area contributed by atoms with Gasteiger partial charge in [0.05, 0.1) is 0 Å². The normalized spacial score (nSPS) is 20.5. The van der Waals surface area contributed by atoms with Crippen molar-refractivity contribution in [2.45, 2.75) is 25.0 Å².